The molecule has 0 aromatic carbocycles. The van der Waals surface area contributed by atoms with Crippen molar-refractivity contribution < 1.29 is 9.31 Å². The maximum atomic E-state index is 6.05. The van der Waals surface area contributed by atoms with E-state index in [4.69, 9.17) is 15.0 Å². The number of aryl methyl sites for hydroxylation is 1. The largest absolute Gasteiger partial charge is 0.496 e. The second kappa shape index (κ2) is 5.37. The zero-order chi connectivity index (χ0) is 15.0. The van der Waals surface area contributed by atoms with E-state index in [1.54, 1.807) is 6.20 Å². The van der Waals surface area contributed by atoms with Gasteiger partial charge in [0.25, 0.3) is 0 Å². The monoisotopic (exact) mass is 276 g/mol. The molecule has 1 saturated heterocycles. The number of rotatable bonds is 4. The molecule has 20 heavy (non-hydrogen) atoms. The lowest BCUT2D eigenvalue weighted by atomic mass is 9.79. The molecule has 4 nitrogen and oxygen atoms in total. The lowest BCUT2D eigenvalue weighted by Crippen LogP contribution is -2.41. The van der Waals surface area contributed by atoms with E-state index < -0.39 is 0 Å². The Kier molecular flexibility index (Phi) is 4.12. The van der Waals surface area contributed by atoms with Gasteiger partial charge in [0.2, 0.25) is 0 Å². The first kappa shape index (κ1) is 15.3. The van der Waals surface area contributed by atoms with Gasteiger partial charge < -0.3 is 15.0 Å². The summed E-state index contributed by atoms with van der Waals surface area (Å²) in [5, 5.41) is 0. The number of nitrogen functional groups attached to an aromatic ring is 1. The molecule has 0 unspecified atom stereocenters. The number of hydrogen-bond acceptors (Lipinski definition) is 4. The normalized spacial score (nSPS) is 20.4. The summed E-state index contributed by atoms with van der Waals surface area (Å²) in [6.45, 7) is 10.4. The van der Waals surface area contributed by atoms with Crippen molar-refractivity contribution in [2.45, 2.75) is 65.1 Å². The van der Waals surface area contributed by atoms with Crippen LogP contribution in [0.2, 0.25) is 0 Å². The van der Waals surface area contributed by atoms with Gasteiger partial charge in [0.05, 0.1) is 11.2 Å². The maximum absolute atomic E-state index is 6.05. The average Bonchev–Trinajstić information content (AvgIpc) is 2.57. The van der Waals surface area contributed by atoms with E-state index in [0.29, 0.717) is 5.82 Å². The minimum atomic E-state index is -0.367. The van der Waals surface area contributed by atoms with Gasteiger partial charge in [-0.3, -0.25) is 0 Å². The molecule has 2 N–H and O–H groups in total. The summed E-state index contributed by atoms with van der Waals surface area (Å²) in [6.07, 6.45) is 4.95. The van der Waals surface area contributed by atoms with Gasteiger partial charge >= 0.3 is 7.12 Å². The fraction of sp³-hybridized carbons (Fsp3) is 0.667. The van der Waals surface area contributed by atoms with Crippen molar-refractivity contribution in [2.75, 3.05) is 5.73 Å². The Bertz CT molecular complexity index is 473. The number of nitrogens with two attached hydrogens (primary N) is 1. The second-order valence-corrected chi connectivity index (χ2v) is 6.50. The number of anilines is 1. The molecule has 0 bridgehead atoms. The lowest BCUT2D eigenvalue weighted by Gasteiger charge is -2.32. The standard InChI is InChI=1S/C15H25BN2O2/c1-6-7-8-11-9-12(10-18-13(11)17)16-19-14(2,3)15(4,5)20-16/h9-10H,6-8H2,1-5H3,(H2,17,18). The summed E-state index contributed by atoms with van der Waals surface area (Å²) < 4.78 is 12.1. The van der Waals surface area contributed by atoms with Crippen molar-refractivity contribution in [1.82, 2.24) is 4.98 Å². The van der Waals surface area contributed by atoms with Gasteiger partial charge in [-0.05, 0) is 46.1 Å². The summed E-state index contributed by atoms with van der Waals surface area (Å²) in [4.78, 5) is 4.29. The first-order chi connectivity index (χ1) is 9.27. The predicted octanol–water partition coefficient (Wildman–Crippen LogP) is 2.31. The van der Waals surface area contributed by atoms with Crippen LogP contribution in [0.3, 0.4) is 0 Å². The summed E-state index contributed by atoms with van der Waals surface area (Å²) >= 11 is 0. The van der Waals surface area contributed by atoms with Crippen LogP contribution in [0.15, 0.2) is 12.3 Å². The predicted molar refractivity (Wildman–Crippen MR) is 83.0 cm³/mol. The summed E-state index contributed by atoms with van der Waals surface area (Å²) in [6, 6.07) is 2.07. The fourth-order valence-corrected chi connectivity index (χ4v) is 2.21. The Hall–Kier alpha value is -1.07. The molecule has 0 radical (unpaired) electrons. The Balaban J connectivity index is 2.22. The second-order valence-electron chi connectivity index (χ2n) is 6.50. The quantitative estimate of drug-likeness (QED) is 0.857. The van der Waals surface area contributed by atoms with Gasteiger partial charge in [-0.2, -0.15) is 0 Å². The van der Waals surface area contributed by atoms with Crippen molar-refractivity contribution in [3.63, 3.8) is 0 Å². The van der Waals surface area contributed by atoms with E-state index in [0.717, 1.165) is 30.3 Å². The molecular formula is C15H25BN2O2. The third-order valence-corrected chi connectivity index (χ3v) is 4.35. The lowest BCUT2D eigenvalue weighted by molar-refractivity contribution is 0.00578. The Morgan fingerprint density at radius 1 is 1.20 bits per heavy atom. The molecule has 1 fully saturated rings. The van der Waals surface area contributed by atoms with Crippen LogP contribution in [-0.4, -0.2) is 23.3 Å². The average molecular weight is 276 g/mol. The number of nitrogens with zero attached hydrogens (tertiary/aromatic N) is 1. The molecule has 0 aliphatic carbocycles. The van der Waals surface area contributed by atoms with Crippen LogP contribution >= 0.6 is 0 Å². The van der Waals surface area contributed by atoms with Crippen molar-refractivity contribution >= 4 is 18.4 Å². The summed E-state index contributed by atoms with van der Waals surface area (Å²) in [7, 11) is -0.367. The number of pyridine rings is 1. The highest BCUT2D eigenvalue weighted by atomic mass is 16.7. The third-order valence-electron chi connectivity index (χ3n) is 4.35. The topological polar surface area (TPSA) is 57.4 Å². The molecule has 1 aliphatic heterocycles. The van der Waals surface area contributed by atoms with Crippen molar-refractivity contribution in [1.29, 1.82) is 0 Å². The number of aromatic nitrogens is 1. The molecule has 0 saturated carbocycles. The van der Waals surface area contributed by atoms with Crippen LogP contribution < -0.4 is 11.2 Å². The summed E-state index contributed by atoms with van der Waals surface area (Å²) in [5.41, 5.74) is 7.31. The van der Waals surface area contributed by atoms with E-state index in [1.807, 2.05) is 0 Å². The van der Waals surface area contributed by atoms with Gasteiger partial charge in [-0.1, -0.05) is 19.4 Å². The van der Waals surface area contributed by atoms with Crippen LogP contribution in [0.4, 0.5) is 5.82 Å². The van der Waals surface area contributed by atoms with Gasteiger partial charge in [0.1, 0.15) is 5.82 Å². The SMILES string of the molecule is CCCCc1cc(B2OC(C)(C)C(C)(C)O2)cnc1N. The van der Waals surface area contributed by atoms with Crippen LogP contribution in [0.1, 0.15) is 53.0 Å². The Morgan fingerprint density at radius 3 is 2.35 bits per heavy atom. The molecule has 2 rings (SSSR count). The van der Waals surface area contributed by atoms with Crippen LogP contribution in [-0.2, 0) is 15.7 Å². The Morgan fingerprint density at radius 2 is 1.80 bits per heavy atom. The fourth-order valence-electron chi connectivity index (χ4n) is 2.21. The number of unbranched alkanes of at least 4 members (excludes halogenated alkanes) is 1. The Labute approximate surface area is 122 Å². The minimum Gasteiger partial charge on any atom is -0.399 e. The van der Waals surface area contributed by atoms with Gasteiger partial charge in [-0.15, -0.1) is 0 Å². The van der Waals surface area contributed by atoms with E-state index in [-0.39, 0.29) is 18.3 Å². The van der Waals surface area contributed by atoms with Crippen molar-refractivity contribution in [2.24, 2.45) is 0 Å². The molecular weight excluding hydrogens is 251 g/mol. The van der Waals surface area contributed by atoms with E-state index in [9.17, 15) is 0 Å². The number of hydrogen-bond donors (Lipinski definition) is 1. The zero-order valence-electron chi connectivity index (χ0n) is 13.2. The van der Waals surface area contributed by atoms with Gasteiger partial charge in [0.15, 0.2) is 0 Å². The highest BCUT2D eigenvalue weighted by Crippen LogP contribution is 2.36. The molecule has 0 amide bonds. The first-order valence-corrected chi connectivity index (χ1v) is 7.37. The van der Waals surface area contributed by atoms with Gasteiger partial charge in [0, 0.05) is 11.7 Å². The third kappa shape index (κ3) is 2.84. The highest BCUT2D eigenvalue weighted by Gasteiger charge is 2.51. The molecule has 110 valence electrons. The van der Waals surface area contributed by atoms with E-state index >= 15 is 0 Å². The molecule has 0 spiro atoms. The minimum absolute atomic E-state index is 0.331. The molecule has 1 aromatic heterocycles. The first-order valence-electron chi connectivity index (χ1n) is 7.37. The van der Waals surface area contributed by atoms with Crippen LogP contribution in [0.25, 0.3) is 0 Å². The van der Waals surface area contributed by atoms with Crippen molar-refractivity contribution in [3.05, 3.63) is 17.8 Å². The van der Waals surface area contributed by atoms with E-state index in [1.165, 1.54) is 0 Å². The van der Waals surface area contributed by atoms with Crippen LogP contribution in [0.5, 0.6) is 0 Å². The molecule has 1 aromatic rings. The van der Waals surface area contributed by atoms with Crippen LogP contribution in [0, 0.1) is 0 Å². The van der Waals surface area contributed by atoms with E-state index in [2.05, 4.69) is 45.7 Å². The van der Waals surface area contributed by atoms with Gasteiger partial charge in [-0.25, -0.2) is 4.98 Å². The molecule has 5 heteroatoms. The molecule has 2 heterocycles. The molecule has 1 aliphatic rings. The highest BCUT2D eigenvalue weighted by molar-refractivity contribution is 6.62. The maximum Gasteiger partial charge on any atom is 0.496 e. The molecule has 0 atom stereocenters. The summed E-state index contributed by atoms with van der Waals surface area (Å²) in [5.74, 6) is 0.610. The smallest absolute Gasteiger partial charge is 0.399 e. The zero-order valence-corrected chi connectivity index (χ0v) is 13.2. The van der Waals surface area contributed by atoms with Crippen molar-refractivity contribution in [3.8, 4) is 0 Å².